The lowest BCUT2D eigenvalue weighted by molar-refractivity contribution is -0.142. The topological polar surface area (TPSA) is 115 Å². The van der Waals surface area contributed by atoms with Crippen LogP contribution in [0.15, 0.2) is 29.4 Å². The van der Waals surface area contributed by atoms with Gasteiger partial charge in [-0.05, 0) is 12.1 Å². The molecule has 0 aromatic heterocycles. The van der Waals surface area contributed by atoms with E-state index in [1.807, 2.05) is 0 Å². The Kier molecular flexibility index (Phi) is 5.35. The van der Waals surface area contributed by atoms with Crippen molar-refractivity contribution in [1.29, 1.82) is 0 Å². The number of hydrogen-bond acceptors (Lipinski definition) is 6. The standard InChI is InChI=1S/C13H17N3O5/c14-12(16-18)8-21-10-3-1-2-9(6-10)15-13(17)11-7-19-4-5-20-11/h1-3,6,11,18H,4-5,7-8H2,(H2,14,16)(H,15,17). The maximum Gasteiger partial charge on any atom is 0.255 e. The van der Waals surface area contributed by atoms with Gasteiger partial charge in [0, 0.05) is 11.8 Å². The van der Waals surface area contributed by atoms with Crippen LogP contribution >= 0.6 is 0 Å². The zero-order valence-corrected chi connectivity index (χ0v) is 11.3. The van der Waals surface area contributed by atoms with Crippen molar-refractivity contribution in [2.24, 2.45) is 10.9 Å². The molecule has 8 nitrogen and oxygen atoms in total. The summed E-state index contributed by atoms with van der Waals surface area (Å²) in [7, 11) is 0. The minimum absolute atomic E-state index is 0.0443. The molecule has 0 saturated carbocycles. The van der Waals surface area contributed by atoms with Gasteiger partial charge < -0.3 is 30.5 Å². The first-order chi connectivity index (χ1) is 10.2. The Bertz CT molecular complexity index is 514. The van der Waals surface area contributed by atoms with E-state index in [4.69, 9.17) is 25.2 Å². The molecular formula is C13H17N3O5. The monoisotopic (exact) mass is 295 g/mol. The Morgan fingerprint density at radius 3 is 3.10 bits per heavy atom. The van der Waals surface area contributed by atoms with E-state index >= 15 is 0 Å². The van der Waals surface area contributed by atoms with E-state index in [-0.39, 0.29) is 25.0 Å². The number of nitrogens with one attached hydrogen (secondary N) is 1. The summed E-state index contributed by atoms with van der Waals surface area (Å²) in [4.78, 5) is 12.0. The van der Waals surface area contributed by atoms with Crippen molar-refractivity contribution in [3.05, 3.63) is 24.3 Å². The number of rotatable bonds is 5. The molecule has 114 valence electrons. The summed E-state index contributed by atoms with van der Waals surface area (Å²) >= 11 is 0. The molecule has 1 unspecified atom stereocenters. The van der Waals surface area contributed by atoms with Gasteiger partial charge in [-0.1, -0.05) is 11.2 Å². The van der Waals surface area contributed by atoms with Crippen LogP contribution in [0.3, 0.4) is 0 Å². The summed E-state index contributed by atoms with van der Waals surface area (Å²) in [5.74, 6) is 0.167. The van der Waals surface area contributed by atoms with Crippen molar-refractivity contribution < 1.29 is 24.2 Å². The van der Waals surface area contributed by atoms with Crippen LogP contribution in [0.2, 0.25) is 0 Å². The van der Waals surface area contributed by atoms with Crippen molar-refractivity contribution >= 4 is 17.4 Å². The number of benzene rings is 1. The summed E-state index contributed by atoms with van der Waals surface area (Å²) in [6.45, 7) is 1.10. The van der Waals surface area contributed by atoms with Gasteiger partial charge in [0.05, 0.1) is 19.8 Å². The number of carbonyl (C=O) groups excluding carboxylic acids is 1. The van der Waals surface area contributed by atoms with Crippen molar-refractivity contribution in [2.45, 2.75) is 6.10 Å². The van der Waals surface area contributed by atoms with Gasteiger partial charge in [-0.3, -0.25) is 4.79 Å². The van der Waals surface area contributed by atoms with Crippen LogP contribution < -0.4 is 15.8 Å². The lowest BCUT2D eigenvalue weighted by Gasteiger charge is -2.22. The molecule has 1 amide bonds. The molecule has 2 rings (SSSR count). The third-order valence-corrected chi connectivity index (χ3v) is 2.73. The number of ether oxygens (including phenoxy) is 3. The fourth-order valence-corrected chi connectivity index (χ4v) is 1.71. The third-order valence-electron chi connectivity index (χ3n) is 2.73. The molecule has 4 N–H and O–H groups in total. The number of carbonyl (C=O) groups is 1. The van der Waals surface area contributed by atoms with Gasteiger partial charge in [0.25, 0.3) is 5.91 Å². The maximum absolute atomic E-state index is 12.0. The summed E-state index contributed by atoms with van der Waals surface area (Å²) in [5, 5.41) is 14.0. The number of anilines is 1. The van der Waals surface area contributed by atoms with Gasteiger partial charge in [-0.2, -0.15) is 0 Å². The molecule has 1 aromatic rings. The van der Waals surface area contributed by atoms with Crippen molar-refractivity contribution in [3.63, 3.8) is 0 Å². The van der Waals surface area contributed by atoms with Crippen molar-refractivity contribution in [3.8, 4) is 5.75 Å². The van der Waals surface area contributed by atoms with E-state index in [9.17, 15) is 4.79 Å². The minimum Gasteiger partial charge on any atom is -0.485 e. The number of nitrogens with zero attached hydrogens (tertiary/aromatic N) is 1. The zero-order valence-electron chi connectivity index (χ0n) is 11.3. The van der Waals surface area contributed by atoms with Crippen LogP contribution in [0.5, 0.6) is 5.75 Å². The zero-order chi connectivity index (χ0) is 15.1. The van der Waals surface area contributed by atoms with Gasteiger partial charge in [0.15, 0.2) is 11.9 Å². The van der Waals surface area contributed by atoms with Crippen LogP contribution in [0.25, 0.3) is 0 Å². The van der Waals surface area contributed by atoms with E-state index in [1.165, 1.54) is 0 Å². The first-order valence-electron chi connectivity index (χ1n) is 6.38. The first-order valence-corrected chi connectivity index (χ1v) is 6.38. The average Bonchev–Trinajstić information content (AvgIpc) is 2.53. The highest BCUT2D eigenvalue weighted by atomic mass is 16.6. The summed E-state index contributed by atoms with van der Waals surface area (Å²) < 4.78 is 15.8. The molecule has 1 heterocycles. The third kappa shape index (κ3) is 4.62. The first kappa shape index (κ1) is 15.1. The number of hydrogen-bond donors (Lipinski definition) is 3. The second kappa shape index (κ2) is 7.46. The van der Waals surface area contributed by atoms with Gasteiger partial charge >= 0.3 is 0 Å². The van der Waals surface area contributed by atoms with Gasteiger partial charge in [-0.25, -0.2) is 0 Å². The molecular weight excluding hydrogens is 278 g/mol. The van der Waals surface area contributed by atoms with E-state index in [1.54, 1.807) is 24.3 Å². The molecule has 1 aliphatic heterocycles. The molecule has 8 heteroatoms. The predicted molar refractivity (Wildman–Crippen MR) is 74.5 cm³/mol. The normalized spacial score (nSPS) is 19.0. The number of oxime groups is 1. The van der Waals surface area contributed by atoms with E-state index in [2.05, 4.69) is 10.5 Å². The molecule has 0 aliphatic carbocycles. The molecule has 0 spiro atoms. The Morgan fingerprint density at radius 1 is 1.52 bits per heavy atom. The summed E-state index contributed by atoms with van der Waals surface area (Å²) in [5.41, 5.74) is 5.87. The smallest absolute Gasteiger partial charge is 0.255 e. The fraction of sp³-hybridized carbons (Fsp3) is 0.385. The average molecular weight is 295 g/mol. The Morgan fingerprint density at radius 2 is 2.38 bits per heavy atom. The molecule has 1 aliphatic rings. The minimum atomic E-state index is -0.611. The van der Waals surface area contributed by atoms with Gasteiger partial charge in [-0.15, -0.1) is 0 Å². The van der Waals surface area contributed by atoms with E-state index < -0.39 is 6.10 Å². The lowest BCUT2D eigenvalue weighted by Crippen LogP contribution is -2.39. The molecule has 0 bridgehead atoms. The molecule has 0 radical (unpaired) electrons. The second-order valence-electron chi connectivity index (χ2n) is 4.33. The largest absolute Gasteiger partial charge is 0.485 e. The maximum atomic E-state index is 12.0. The lowest BCUT2D eigenvalue weighted by atomic mass is 10.2. The molecule has 1 fully saturated rings. The Labute approximate surface area is 121 Å². The number of amidine groups is 1. The summed E-state index contributed by atoms with van der Waals surface area (Å²) in [6.07, 6.45) is -0.611. The molecule has 1 atom stereocenters. The van der Waals surface area contributed by atoms with Crippen molar-refractivity contribution in [2.75, 3.05) is 31.7 Å². The fourth-order valence-electron chi connectivity index (χ4n) is 1.71. The van der Waals surface area contributed by atoms with Crippen LogP contribution in [-0.4, -0.2) is 49.5 Å². The highest BCUT2D eigenvalue weighted by Crippen LogP contribution is 2.18. The van der Waals surface area contributed by atoms with E-state index in [0.717, 1.165) is 0 Å². The highest BCUT2D eigenvalue weighted by molar-refractivity contribution is 5.94. The Hall–Kier alpha value is -2.32. The predicted octanol–water partition coefficient (Wildman–Crippen LogP) is 0.166. The Balaban J connectivity index is 1.92. The molecule has 1 aromatic carbocycles. The van der Waals surface area contributed by atoms with Crippen LogP contribution in [0.4, 0.5) is 5.69 Å². The van der Waals surface area contributed by atoms with Crippen LogP contribution in [0, 0.1) is 0 Å². The van der Waals surface area contributed by atoms with Crippen molar-refractivity contribution in [1.82, 2.24) is 0 Å². The van der Waals surface area contributed by atoms with Gasteiger partial charge in [0.2, 0.25) is 0 Å². The van der Waals surface area contributed by atoms with Gasteiger partial charge in [0.1, 0.15) is 12.4 Å². The quantitative estimate of drug-likeness (QED) is 0.308. The van der Waals surface area contributed by atoms with E-state index in [0.29, 0.717) is 24.7 Å². The highest BCUT2D eigenvalue weighted by Gasteiger charge is 2.22. The summed E-state index contributed by atoms with van der Waals surface area (Å²) in [6, 6.07) is 6.76. The second-order valence-corrected chi connectivity index (χ2v) is 4.33. The number of nitrogens with two attached hydrogens (primary N) is 1. The SMILES string of the molecule is NC(COc1cccc(NC(=O)C2COCCO2)c1)=NO. The molecule has 1 saturated heterocycles. The van der Waals surface area contributed by atoms with Crippen LogP contribution in [-0.2, 0) is 14.3 Å². The molecule has 21 heavy (non-hydrogen) atoms. The number of amides is 1. The van der Waals surface area contributed by atoms with Crippen LogP contribution in [0.1, 0.15) is 0 Å².